The quantitative estimate of drug-likeness (QED) is 0.185. The maximum atomic E-state index is 6.57. The molecule has 0 saturated heterocycles. The van der Waals surface area contributed by atoms with Crippen molar-refractivity contribution in [3.63, 3.8) is 0 Å². The van der Waals surface area contributed by atoms with Gasteiger partial charge in [0.05, 0.1) is 16.4 Å². The molecule has 246 valence electrons. The summed E-state index contributed by atoms with van der Waals surface area (Å²) in [7, 11) is 0. The van der Waals surface area contributed by atoms with E-state index in [1.54, 1.807) is 0 Å². The second-order valence-corrected chi connectivity index (χ2v) is 14.8. The summed E-state index contributed by atoms with van der Waals surface area (Å²) in [6.07, 6.45) is 0. The lowest BCUT2D eigenvalue weighted by Gasteiger charge is -2.14. The number of furan rings is 1. The van der Waals surface area contributed by atoms with Crippen molar-refractivity contribution >= 4 is 96.9 Å². The van der Waals surface area contributed by atoms with Gasteiger partial charge < -0.3 is 4.42 Å². The summed E-state index contributed by atoms with van der Waals surface area (Å²) in [5.41, 5.74) is 6.86. The Labute approximate surface area is 306 Å². The first kappa shape index (κ1) is 28.8. The van der Waals surface area contributed by atoms with Crippen LogP contribution in [-0.4, -0.2) is 14.5 Å². The number of nitrogens with zero attached hydrogens (tertiary/aromatic N) is 3. The van der Waals surface area contributed by atoms with Gasteiger partial charge in [0.25, 0.3) is 0 Å². The molecule has 12 rings (SSSR count). The van der Waals surface area contributed by atoms with Gasteiger partial charge in [-0.3, -0.25) is 4.57 Å². The minimum Gasteiger partial charge on any atom is -0.437 e. The zero-order valence-electron chi connectivity index (χ0n) is 28.2. The third kappa shape index (κ3) is 4.11. The predicted octanol–water partition coefficient (Wildman–Crippen LogP) is 13.5. The number of rotatable bonds is 3. The van der Waals surface area contributed by atoms with Crippen molar-refractivity contribution in [1.29, 1.82) is 0 Å². The molecule has 0 aliphatic rings. The van der Waals surface area contributed by atoms with Crippen LogP contribution in [0.4, 0.5) is 0 Å². The Morgan fingerprint density at radius 1 is 0.453 bits per heavy atom. The van der Waals surface area contributed by atoms with Crippen molar-refractivity contribution in [2.24, 2.45) is 0 Å². The molecule has 8 aromatic carbocycles. The Morgan fingerprint density at radius 3 is 2.02 bits per heavy atom. The first-order chi connectivity index (χ1) is 26.3. The zero-order valence-corrected chi connectivity index (χ0v) is 29.1. The van der Waals surface area contributed by atoms with Crippen LogP contribution in [0.15, 0.2) is 168 Å². The minimum absolute atomic E-state index is 0.570. The molecule has 0 fully saturated rings. The van der Waals surface area contributed by atoms with E-state index in [1.807, 2.05) is 23.5 Å². The topological polar surface area (TPSA) is 43.9 Å². The average Bonchev–Trinajstić information content (AvgIpc) is 3.89. The first-order valence-electron chi connectivity index (χ1n) is 17.8. The van der Waals surface area contributed by atoms with Crippen LogP contribution in [-0.2, 0) is 0 Å². The molecule has 5 heteroatoms. The molecule has 0 saturated carbocycles. The Balaban J connectivity index is 1.20. The highest BCUT2D eigenvalue weighted by Gasteiger charge is 2.23. The molecule has 0 spiro atoms. The van der Waals surface area contributed by atoms with Gasteiger partial charge in [-0.1, -0.05) is 121 Å². The number of fused-ring (bicyclic) bond motifs is 12. The fourth-order valence-corrected chi connectivity index (χ4v) is 9.61. The average molecular weight is 694 g/mol. The smallest absolute Gasteiger partial charge is 0.233 e. The van der Waals surface area contributed by atoms with Crippen molar-refractivity contribution in [3.05, 3.63) is 164 Å². The minimum atomic E-state index is 0.570. The van der Waals surface area contributed by atoms with Crippen molar-refractivity contribution in [1.82, 2.24) is 14.5 Å². The van der Waals surface area contributed by atoms with Gasteiger partial charge in [0.1, 0.15) is 5.58 Å². The van der Waals surface area contributed by atoms with Crippen molar-refractivity contribution in [2.45, 2.75) is 0 Å². The number of benzene rings is 8. The summed E-state index contributed by atoms with van der Waals surface area (Å²) in [4.78, 5) is 10.7. The summed E-state index contributed by atoms with van der Waals surface area (Å²) >= 11 is 1.86. The number of hydrogen-bond acceptors (Lipinski definition) is 4. The van der Waals surface area contributed by atoms with Gasteiger partial charge in [-0.05, 0) is 75.1 Å². The van der Waals surface area contributed by atoms with Crippen LogP contribution in [0.2, 0.25) is 0 Å². The van der Waals surface area contributed by atoms with Gasteiger partial charge in [-0.15, -0.1) is 11.3 Å². The van der Waals surface area contributed by atoms with Gasteiger partial charge in [0.15, 0.2) is 11.6 Å². The largest absolute Gasteiger partial charge is 0.437 e. The molecule has 0 radical (unpaired) electrons. The summed E-state index contributed by atoms with van der Waals surface area (Å²) < 4.78 is 11.5. The number of aromatic nitrogens is 3. The van der Waals surface area contributed by atoms with Crippen molar-refractivity contribution in [3.8, 4) is 28.3 Å². The predicted molar refractivity (Wildman–Crippen MR) is 222 cm³/mol. The molecule has 0 atom stereocenters. The fourth-order valence-electron chi connectivity index (χ4n) is 8.49. The lowest BCUT2D eigenvalue weighted by atomic mass is 9.95. The van der Waals surface area contributed by atoms with Gasteiger partial charge in [-0.2, -0.15) is 4.98 Å². The second kappa shape index (κ2) is 10.8. The molecule has 0 bridgehead atoms. The molecule has 0 unspecified atom stereocenters. The molecule has 0 N–H and O–H groups in total. The van der Waals surface area contributed by atoms with Crippen LogP contribution < -0.4 is 0 Å². The van der Waals surface area contributed by atoms with Gasteiger partial charge in [0.2, 0.25) is 5.71 Å². The maximum absolute atomic E-state index is 6.57. The number of thiophene rings is 1. The molecule has 53 heavy (non-hydrogen) atoms. The van der Waals surface area contributed by atoms with Crippen LogP contribution in [0, 0.1) is 0 Å². The van der Waals surface area contributed by atoms with E-state index in [1.165, 1.54) is 52.8 Å². The normalized spacial score (nSPS) is 12.2. The van der Waals surface area contributed by atoms with Crippen molar-refractivity contribution < 1.29 is 4.42 Å². The molecule has 0 amide bonds. The van der Waals surface area contributed by atoms with Gasteiger partial charge in [0, 0.05) is 41.9 Å². The van der Waals surface area contributed by atoms with Gasteiger partial charge in [-0.25, -0.2) is 4.98 Å². The van der Waals surface area contributed by atoms with E-state index in [0.717, 1.165) is 49.5 Å². The summed E-state index contributed by atoms with van der Waals surface area (Å²) in [5, 5.41) is 11.6. The standard InChI is InChI=1S/C48H27N3OS/c1-2-12-28(13-3-1)30-23-24-34(32-15-5-4-14-31(30)32)46-49-47(45-35-17-7-10-20-41(35)52-48(45)50-46)51-39-19-9-6-16-33(39)38-27-37-29(26-40(38)51)22-25-43-44(37)36-18-8-11-21-42(36)53-43/h1-27H. The Hall–Kier alpha value is -6.82. The zero-order chi connectivity index (χ0) is 34.6. The van der Waals surface area contributed by atoms with E-state index < -0.39 is 0 Å². The highest BCUT2D eigenvalue weighted by Crippen LogP contribution is 2.44. The molecule has 4 aromatic heterocycles. The molecule has 4 heterocycles. The Kier molecular flexibility index (Phi) is 5.90. The fraction of sp³-hybridized carbons (Fsp3) is 0. The van der Waals surface area contributed by atoms with E-state index in [9.17, 15) is 0 Å². The summed E-state index contributed by atoms with van der Waals surface area (Å²) in [6, 6.07) is 58.4. The monoisotopic (exact) mass is 693 g/mol. The van der Waals surface area contributed by atoms with E-state index in [2.05, 4.69) is 156 Å². The second-order valence-electron chi connectivity index (χ2n) is 13.7. The SMILES string of the molecule is c1ccc(-c2ccc(-c3nc(-n4c5ccccc5c5cc6c(ccc7sc8ccccc8c76)cc54)c4c(n3)oc3ccccc34)c3ccccc23)cc1. The molecule has 0 aliphatic heterocycles. The lowest BCUT2D eigenvalue weighted by molar-refractivity contribution is 0.653. The first-order valence-corrected chi connectivity index (χ1v) is 18.6. The summed E-state index contributed by atoms with van der Waals surface area (Å²) in [5.74, 6) is 1.43. The van der Waals surface area contributed by atoms with Crippen LogP contribution in [0.1, 0.15) is 0 Å². The maximum Gasteiger partial charge on any atom is 0.233 e. The molecule has 4 nitrogen and oxygen atoms in total. The summed E-state index contributed by atoms with van der Waals surface area (Å²) in [6.45, 7) is 0. The van der Waals surface area contributed by atoms with E-state index in [0.29, 0.717) is 11.5 Å². The lowest BCUT2D eigenvalue weighted by Crippen LogP contribution is -2.02. The Bertz CT molecular complexity index is 3460. The van der Waals surface area contributed by atoms with Crippen LogP contribution in [0.3, 0.4) is 0 Å². The Morgan fingerprint density at radius 2 is 1.15 bits per heavy atom. The molecule has 0 aliphatic carbocycles. The van der Waals surface area contributed by atoms with E-state index in [4.69, 9.17) is 14.4 Å². The van der Waals surface area contributed by atoms with Gasteiger partial charge >= 0.3 is 0 Å². The highest BCUT2D eigenvalue weighted by atomic mass is 32.1. The number of para-hydroxylation sites is 2. The molecular weight excluding hydrogens is 667 g/mol. The highest BCUT2D eigenvalue weighted by molar-refractivity contribution is 7.26. The van der Waals surface area contributed by atoms with Crippen LogP contribution in [0.5, 0.6) is 0 Å². The number of hydrogen-bond donors (Lipinski definition) is 0. The van der Waals surface area contributed by atoms with Crippen LogP contribution in [0.25, 0.3) is 114 Å². The van der Waals surface area contributed by atoms with E-state index in [-0.39, 0.29) is 0 Å². The third-order valence-electron chi connectivity index (χ3n) is 10.8. The molecule has 12 aromatic rings. The molecular formula is C48H27N3OS. The van der Waals surface area contributed by atoms with E-state index >= 15 is 0 Å². The van der Waals surface area contributed by atoms with Crippen molar-refractivity contribution in [2.75, 3.05) is 0 Å². The van der Waals surface area contributed by atoms with Crippen LogP contribution >= 0.6 is 11.3 Å². The third-order valence-corrected chi connectivity index (χ3v) is 12.0.